The maximum Gasteiger partial charge on any atom is 0.266 e. The lowest BCUT2D eigenvalue weighted by molar-refractivity contribution is -0.132. The van der Waals surface area contributed by atoms with Crippen molar-refractivity contribution in [2.75, 3.05) is 19.6 Å². The Bertz CT molecular complexity index is 967. The number of pyridine rings is 1. The number of hydrogen-bond donors (Lipinski definition) is 0. The second-order valence-corrected chi connectivity index (χ2v) is 7.99. The lowest BCUT2D eigenvalue weighted by Gasteiger charge is -2.25. The zero-order valence-electron chi connectivity index (χ0n) is 16.4. The minimum atomic E-state index is -0.308. The van der Waals surface area contributed by atoms with Gasteiger partial charge in [0, 0.05) is 32.0 Å². The summed E-state index contributed by atoms with van der Waals surface area (Å²) in [4.78, 5) is 37.8. The van der Waals surface area contributed by atoms with Gasteiger partial charge < -0.3 is 14.5 Å². The summed E-state index contributed by atoms with van der Waals surface area (Å²) in [7, 11) is 0. The first-order chi connectivity index (χ1) is 14.7. The van der Waals surface area contributed by atoms with Crippen molar-refractivity contribution >= 4 is 23.2 Å². The predicted octanol–water partition coefficient (Wildman–Crippen LogP) is 2.61. The van der Waals surface area contributed by atoms with Gasteiger partial charge in [0.05, 0.1) is 24.4 Å². The Labute approximate surface area is 178 Å². The molecule has 1 saturated heterocycles. The summed E-state index contributed by atoms with van der Waals surface area (Å²) in [5.41, 5.74) is 3.60. The molecule has 154 valence electrons. The second-order valence-electron chi connectivity index (χ2n) is 7.11. The number of carbonyl (C=O) groups excluding carboxylic acids is 2. The lowest BCUT2D eigenvalue weighted by atomic mass is 10.2. The average Bonchev–Trinajstić information content (AvgIpc) is 3.27. The monoisotopic (exact) mass is 422 g/mol. The molecule has 1 fully saturated rings. The first-order valence-electron chi connectivity index (χ1n) is 9.69. The molecule has 0 bridgehead atoms. The highest BCUT2D eigenvalue weighted by Crippen LogP contribution is 2.17. The summed E-state index contributed by atoms with van der Waals surface area (Å²) in [5, 5.41) is 0. The second kappa shape index (κ2) is 9.60. The van der Waals surface area contributed by atoms with Crippen LogP contribution in [0.4, 0.5) is 0 Å². The molecule has 1 aliphatic heterocycles. The van der Waals surface area contributed by atoms with Gasteiger partial charge in [-0.3, -0.25) is 19.6 Å². The van der Waals surface area contributed by atoms with E-state index in [0.717, 1.165) is 11.1 Å². The Morgan fingerprint density at radius 3 is 2.63 bits per heavy atom. The third-order valence-electron chi connectivity index (χ3n) is 4.88. The van der Waals surface area contributed by atoms with E-state index in [2.05, 4.69) is 9.97 Å². The van der Waals surface area contributed by atoms with Gasteiger partial charge in [0.25, 0.3) is 5.91 Å². The normalized spacial score (nSPS) is 17.1. The molecule has 3 heterocycles. The minimum Gasteiger partial charge on any atom is -0.370 e. The molecule has 0 aliphatic carbocycles. The molecule has 0 saturated carbocycles. The molecule has 8 heteroatoms. The Kier molecular flexibility index (Phi) is 6.46. The van der Waals surface area contributed by atoms with Crippen molar-refractivity contribution < 1.29 is 14.3 Å². The molecule has 0 spiro atoms. The van der Waals surface area contributed by atoms with E-state index in [4.69, 9.17) is 4.74 Å². The fourth-order valence-corrected chi connectivity index (χ4v) is 3.96. The summed E-state index contributed by atoms with van der Waals surface area (Å²) in [5.74, 6) is -0.286. The van der Waals surface area contributed by atoms with E-state index in [1.807, 2.05) is 42.5 Å². The van der Waals surface area contributed by atoms with Gasteiger partial charge in [-0.2, -0.15) is 0 Å². The van der Waals surface area contributed by atoms with Crippen LogP contribution in [0.25, 0.3) is 0 Å². The third kappa shape index (κ3) is 5.08. The fourth-order valence-electron chi connectivity index (χ4n) is 3.37. The summed E-state index contributed by atoms with van der Waals surface area (Å²) < 4.78 is 6.12. The van der Waals surface area contributed by atoms with E-state index in [9.17, 15) is 9.59 Å². The molecule has 1 aliphatic rings. The zero-order chi connectivity index (χ0) is 20.8. The van der Waals surface area contributed by atoms with Gasteiger partial charge in [-0.05, 0) is 17.2 Å². The standard InChI is InChI=1S/C22H22N4O3S/c27-21-14-26(22(28)20-10-24-16-30-20)13-19(29-15-18-7-4-8-23-9-18)12-25(21)11-17-5-2-1-3-6-17/h1-10,16,19H,11-15H2. The van der Waals surface area contributed by atoms with E-state index >= 15 is 0 Å². The third-order valence-corrected chi connectivity index (χ3v) is 5.64. The zero-order valence-corrected chi connectivity index (χ0v) is 17.2. The van der Waals surface area contributed by atoms with Gasteiger partial charge in [0.2, 0.25) is 5.91 Å². The Balaban J connectivity index is 1.52. The van der Waals surface area contributed by atoms with Gasteiger partial charge >= 0.3 is 0 Å². The quantitative estimate of drug-likeness (QED) is 0.610. The Hall–Kier alpha value is -3.10. The first-order valence-corrected chi connectivity index (χ1v) is 10.6. The average molecular weight is 423 g/mol. The van der Waals surface area contributed by atoms with Crippen LogP contribution in [0.5, 0.6) is 0 Å². The van der Waals surface area contributed by atoms with Crippen LogP contribution in [0.3, 0.4) is 0 Å². The number of rotatable bonds is 6. The SMILES string of the molecule is O=C1CN(C(=O)c2cncs2)CC(OCc2cccnc2)CN1Cc1ccccc1. The van der Waals surface area contributed by atoms with Crippen molar-refractivity contribution in [1.29, 1.82) is 0 Å². The predicted molar refractivity (Wildman–Crippen MR) is 113 cm³/mol. The number of benzene rings is 1. The van der Waals surface area contributed by atoms with Crippen molar-refractivity contribution in [2.24, 2.45) is 0 Å². The van der Waals surface area contributed by atoms with Crippen LogP contribution in [0, 0.1) is 0 Å². The molecule has 1 unspecified atom stereocenters. The Morgan fingerprint density at radius 2 is 1.90 bits per heavy atom. The number of ether oxygens (including phenoxy) is 1. The molecule has 0 N–H and O–H groups in total. The lowest BCUT2D eigenvalue weighted by Crippen LogP contribution is -2.39. The molecule has 4 rings (SSSR count). The largest absolute Gasteiger partial charge is 0.370 e. The van der Waals surface area contributed by atoms with Crippen molar-refractivity contribution in [3.8, 4) is 0 Å². The number of thiazole rings is 1. The number of carbonyl (C=O) groups is 2. The summed E-state index contributed by atoms with van der Waals surface area (Å²) >= 11 is 1.27. The topological polar surface area (TPSA) is 75.6 Å². The molecule has 1 aromatic carbocycles. The fraction of sp³-hybridized carbons (Fsp3) is 0.273. The molecule has 2 amide bonds. The summed E-state index contributed by atoms with van der Waals surface area (Å²) in [6.45, 7) is 1.63. The molecular formula is C22H22N4O3S. The maximum absolute atomic E-state index is 13.0. The molecule has 0 radical (unpaired) electrons. The van der Waals surface area contributed by atoms with Crippen LogP contribution in [0.1, 0.15) is 20.8 Å². The highest BCUT2D eigenvalue weighted by Gasteiger charge is 2.31. The van der Waals surface area contributed by atoms with Gasteiger partial charge in [0.15, 0.2) is 0 Å². The summed E-state index contributed by atoms with van der Waals surface area (Å²) in [6.07, 6.45) is 4.70. The van der Waals surface area contributed by atoms with Gasteiger partial charge in [-0.1, -0.05) is 36.4 Å². The summed E-state index contributed by atoms with van der Waals surface area (Å²) in [6, 6.07) is 13.6. The van der Waals surface area contributed by atoms with Crippen LogP contribution < -0.4 is 0 Å². The van der Waals surface area contributed by atoms with E-state index in [1.54, 1.807) is 27.7 Å². The number of nitrogens with zero attached hydrogens (tertiary/aromatic N) is 4. The molecule has 2 aromatic heterocycles. The molecular weight excluding hydrogens is 400 g/mol. The van der Waals surface area contributed by atoms with E-state index < -0.39 is 0 Å². The number of hydrogen-bond acceptors (Lipinski definition) is 6. The van der Waals surface area contributed by atoms with Crippen LogP contribution in [-0.4, -0.2) is 57.3 Å². The first kappa shape index (κ1) is 20.2. The Morgan fingerprint density at radius 1 is 1.07 bits per heavy atom. The molecule has 3 aromatic rings. The van der Waals surface area contributed by atoms with E-state index in [1.165, 1.54) is 17.5 Å². The van der Waals surface area contributed by atoms with Gasteiger partial charge in [-0.15, -0.1) is 11.3 Å². The van der Waals surface area contributed by atoms with Crippen LogP contribution in [0.15, 0.2) is 66.6 Å². The van der Waals surface area contributed by atoms with E-state index in [0.29, 0.717) is 31.1 Å². The van der Waals surface area contributed by atoms with Gasteiger partial charge in [0.1, 0.15) is 11.4 Å². The van der Waals surface area contributed by atoms with Crippen molar-refractivity contribution in [1.82, 2.24) is 19.8 Å². The van der Waals surface area contributed by atoms with Crippen molar-refractivity contribution in [3.05, 3.63) is 82.6 Å². The number of amides is 2. The highest BCUT2D eigenvalue weighted by molar-refractivity contribution is 7.11. The molecule has 7 nitrogen and oxygen atoms in total. The molecule has 30 heavy (non-hydrogen) atoms. The van der Waals surface area contributed by atoms with Gasteiger partial charge in [-0.25, -0.2) is 0 Å². The minimum absolute atomic E-state index is 0.0241. The van der Waals surface area contributed by atoms with Crippen LogP contribution in [0.2, 0.25) is 0 Å². The van der Waals surface area contributed by atoms with Crippen molar-refractivity contribution in [3.63, 3.8) is 0 Å². The van der Waals surface area contributed by atoms with E-state index in [-0.39, 0.29) is 24.5 Å². The van der Waals surface area contributed by atoms with Crippen molar-refractivity contribution in [2.45, 2.75) is 19.3 Å². The van der Waals surface area contributed by atoms with Crippen LogP contribution >= 0.6 is 11.3 Å². The number of aromatic nitrogens is 2. The highest BCUT2D eigenvalue weighted by atomic mass is 32.1. The van der Waals surface area contributed by atoms with Crippen LogP contribution in [-0.2, 0) is 22.7 Å². The maximum atomic E-state index is 13.0. The smallest absolute Gasteiger partial charge is 0.266 e. The molecule has 1 atom stereocenters.